The van der Waals surface area contributed by atoms with Crippen molar-refractivity contribution >= 4 is 11.0 Å². The van der Waals surface area contributed by atoms with E-state index in [1.54, 1.807) is 12.1 Å². The summed E-state index contributed by atoms with van der Waals surface area (Å²) in [7, 11) is 1.25. The Balaban J connectivity index is 1.80. The minimum Gasteiger partial charge on any atom is -0.508 e. The Morgan fingerprint density at radius 3 is 2.31 bits per heavy atom. The summed E-state index contributed by atoms with van der Waals surface area (Å²) in [6.45, 7) is 1.49. The lowest BCUT2D eigenvalue weighted by Gasteiger charge is -2.39. The van der Waals surface area contributed by atoms with Gasteiger partial charge in [-0.05, 0) is 31.2 Å². The average Bonchev–Trinajstić information content (AvgIpc) is 2.76. The minimum atomic E-state index is -1.60. The molecular weight excluding hydrogens is 424 g/mol. The lowest BCUT2D eigenvalue weighted by atomic mass is 10.00. The van der Waals surface area contributed by atoms with Crippen LogP contribution >= 0.6 is 0 Å². The van der Waals surface area contributed by atoms with Crippen molar-refractivity contribution in [2.45, 2.75) is 37.6 Å². The predicted molar refractivity (Wildman–Crippen MR) is 111 cm³/mol. The number of hydrogen-bond acceptors (Lipinski definition) is 10. The molecule has 1 aliphatic heterocycles. The molecular formula is C22H22O10. The molecule has 0 unspecified atom stereocenters. The zero-order chi connectivity index (χ0) is 23.2. The topological polar surface area (TPSA) is 159 Å². The molecule has 5 N–H and O–H groups in total. The standard InChI is InChI=1S/C22H22O10/c1-9-17(25)19(27)20(28)22(30-9)32-15-8-14-16(18(26)21(15)29-2)12(24)7-13(31-14)10-3-5-11(23)6-4-10/h3-9,17,19-20,22-23,25-28H,1-2H3/t9-,17-,19+,20+,22-/m0/s1. The van der Waals surface area contributed by atoms with E-state index >= 15 is 0 Å². The Kier molecular flexibility index (Phi) is 5.70. The molecule has 4 rings (SSSR count). The van der Waals surface area contributed by atoms with Crippen LogP contribution in [0, 0.1) is 0 Å². The highest BCUT2D eigenvalue weighted by Crippen LogP contribution is 2.43. The smallest absolute Gasteiger partial charge is 0.229 e. The number of aliphatic hydroxyl groups is 3. The predicted octanol–water partition coefficient (Wildman–Crippen LogP) is 1.09. The molecule has 32 heavy (non-hydrogen) atoms. The van der Waals surface area contributed by atoms with Crippen LogP contribution in [0.2, 0.25) is 0 Å². The summed E-state index contributed by atoms with van der Waals surface area (Å²) in [4.78, 5) is 12.7. The first kappa shape index (κ1) is 21.9. The van der Waals surface area contributed by atoms with Crippen molar-refractivity contribution < 1.29 is 44.2 Å². The molecule has 2 aromatic carbocycles. The fourth-order valence-corrected chi connectivity index (χ4v) is 3.55. The molecule has 2 heterocycles. The highest BCUT2D eigenvalue weighted by atomic mass is 16.7. The van der Waals surface area contributed by atoms with Crippen LogP contribution in [0.1, 0.15) is 6.92 Å². The second kappa shape index (κ2) is 8.32. The maximum Gasteiger partial charge on any atom is 0.229 e. The van der Waals surface area contributed by atoms with Crippen LogP contribution < -0.4 is 14.9 Å². The zero-order valence-corrected chi connectivity index (χ0v) is 17.1. The first-order chi connectivity index (χ1) is 15.2. The summed E-state index contributed by atoms with van der Waals surface area (Å²) < 4.78 is 22.1. The first-order valence-electron chi connectivity index (χ1n) is 9.74. The largest absolute Gasteiger partial charge is 0.508 e. The number of benzene rings is 2. The van der Waals surface area contributed by atoms with E-state index < -0.39 is 41.9 Å². The number of fused-ring (bicyclic) bond motifs is 1. The SMILES string of the molecule is COc1c(O[C@@H]2O[C@@H](C)[C@H](O)[C@@H](O)[C@H]2O)cc2oc(-c3ccc(O)cc3)cc(=O)c2c1O. The fraction of sp³-hybridized carbons (Fsp3) is 0.318. The third-order valence-corrected chi connectivity index (χ3v) is 5.32. The molecule has 0 radical (unpaired) electrons. The van der Waals surface area contributed by atoms with E-state index in [2.05, 4.69) is 0 Å². The second-order valence-electron chi connectivity index (χ2n) is 7.45. The van der Waals surface area contributed by atoms with Crippen molar-refractivity contribution in [3.05, 3.63) is 46.6 Å². The van der Waals surface area contributed by atoms with E-state index in [0.717, 1.165) is 0 Å². The number of methoxy groups -OCH3 is 1. The fourth-order valence-electron chi connectivity index (χ4n) is 3.55. The summed E-state index contributed by atoms with van der Waals surface area (Å²) in [5.41, 5.74) is -0.0675. The second-order valence-corrected chi connectivity index (χ2v) is 7.45. The Morgan fingerprint density at radius 1 is 0.969 bits per heavy atom. The van der Waals surface area contributed by atoms with Crippen LogP contribution in [0.15, 0.2) is 45.6 Å². The summed E-state index contributed by atoms with van der Waals surface area (Å²) in [6, 6.07) is 8.46. The molecule has 10 heteroatoms. The number of hydrogen-bond donors (Lipinski definition) is 5. The van der Waals surface area contributed by atoms with Gasteiger partial charge in [0.25, 0.3) is 0 Å². The third-order valence-electron chi connectivity index (χ3n) is 5.32. The van der Waals surface area contributed by atoms with Gasteiger partial charge in [0.2, 0.25) is 12.0 Å². The number of rotatable bonds is 4. The number of aliphatic hydroxyl groups excluding tert-OH is 3. The van der Waals surface area contributed by atoms with Crippen molar-refractivity contribution in [3.63, 3.8) is 0 Å². The van der Waals surface area contributed by atoms with Gasteiger partial charge in [-0.25, -0.2) is 0 Å². The maximum atomic E-state index is 12.7. The molecule has 0 bridgehead atoms. The molecule has 1 aliphatic rings. The van der Waals surface area contributed by atoms with Gasteiger partial charge in [0.15, 0.2) is 16.9 Å². The van der Waals surface area contributed by atoms with Gasteiger partial charge in [0.1, 0.15) is 40.8 Å². The van der Waals surface area contributed by atoms with Crippen LogP contribution in [-0.2, 0) is 4.74 Å². The van der Waals surface area contributed by atoms with Gasteiger partial charge < -0.3 is 44.2 Å². The molecule has 5 atom stereocenters. The van der Waals surface area contributed by atoms with Crippen molar-refractivity contribution in [2.24, 2.45) is 0 Å². The van der Waals surface area contributed by atoms with Gasteiger partial charge in [-0.15, -0.1) is 0 Å². The van der Waals surface area contributed by atoms with Gasteiger partial charge in [-0.3, -0.25) is 4.79 Å². The summed E-state index contributed by atoms with van der Waals surface area (Å²) in [6.07, 6.45) is -6.69. The Morgan fingerprint density at radius 2 is 1.66 bits per heavy atom. The van der Waals surface area contributed by atoms with Crippen LogP contribution in [0.4, 0.5) is 0 Å². The molecule has 0 amide bonds. The van der Waals surface area contributed by atoms with E-state index in [-0.39, 0.29) is 34.0 Å². The molecule has 0 aliphatic carbocycles. The van der Waals surface area contributed by atoms with Gasteiger partial charge >= 0.3 is 0 Å². The molecule has 0 spiro atoms. The van der Waals surface area contributed by atoms with Crippen LogP contribution in [-0.4, -0.2) is 63.3 Å². The van der Waals surface area contributed by atoms with E-state index in [9.17, 15) is 30.3 Å². The van der Waals surface area contributed by atoms with Gasteiger partial charge in [0, 0.05) is 17.7 Å². The quantitative estimate of drug-likeness (QED) is 0.393. The van der Waals surface area contributed by atoms with E-state index in [1.807, 2.05) is 0 Å². The lowest BCUT2D eigenvalue weighted by Crippen LogP contribution is -2.58. The van der Waals surface area contributed by atoms with Crippen molar-refractivity contribution in [1.82, 2.24) is 0 Å². The Labute approximate surface area is 181 Å². The monoisotopic (exact) mass is 446 g/mol. The maximum absolute atomic E-state index is 12.7. The van der Waals surface area contributed by atoms with Crippen LogP contribution in [0.5, 0.6) is 23.0 Å². The van der Waals surface area contributed by atoms with Crippen LogP contribution in [0.3, 0.4) is 0 Å². The van der Waals surface area contributed by atoms with Gasteiger partial charge in [-0.1, -0.05) is 0 Å². The lowest BCUT2D eigenvalue weighted by molar-refractivity contribution is -0.268. The van der Waals surface area contributed by atoms with Crippen LogP contribution in [0.25, 0.3) is 22.3 Å². The molecule has 10 nitrogen and oxygen atoms in total. The molecule has 3 aromatic rings. The summed E-state index contributed by atoms with van der Waals surface area (Å²) in [5.74, 6) is -0.638. The Hall–Kier alpha value is -3.31. The number of phenolic OH excluding ortho intramolecular Hbond substituents is 2. The molecule has 1 saturated heterocycles. The van der Waals surface area contributed by atoms with Crippen molar-refractivity contribution in [2.75, 3.05) is 7.11 Å². The normalized spacial score (nSPS) is 25.6. The highest BCUT2D eigenvalue weighted by molar-refractivity contribution is 5.89. The Bertz CT molecular complexity index is 1190. The average molecular weight is 446 g/mol. The number of aromatic hydroxyl groups is 2. The highest BCUT2D eigenvalue weighted by Gasteiger charge is 2.43. The van der Waals surface area contributed by atoms with Gasteiger partial charge in [0.05, 0.1) is 13.2 Å². The molecule has 1 fully saturated rings. The number of ether oxygens (including phenoxy) is 3. The first-order valence-corrected chi connectivity index (χ1v) is 9.74. The molecule has 170 valence electrons. The molecule has 1 aromatic heterocycles. The third kappa shape index (κ3) is 3.73. The number of phenols is 2. The van der Waals surface area contributed by atoms with E-state index in [1.165, 1.54) is 38.3 Å². The zero-order valence-electron chi connectivity index (χ0n) is 17.1. The van der Waals surface area contributed by atoms with Gasteiger partial charge in [-0.2, -0.15) is 0 Å². The minimum absolute atomic E-state index is 0.0344. The molecule has 0 saturated carbocycles. The van der Waals surface area contributed by atoms with Crippen molar-refractivity contribution in [1.29, 1.82) is 0 Å². The van der Waals surface area contributed by atoms with Crippen molar-refractivity contribution in [3.8, 4) is 34.3 Å². The van der Waals surface area contributed by atoms with E-state index in [0.29, 0.717) is 5.56 Å². The summed E-state index contributed by atoms with van der Waals surface area (Å²) >= 11 is 0. The van der Waals surface area contributed by atoms with E-state index in [4.69, 9.17) is 18.6 Å². The summed E-state index contributed by atoms with van der Waals surface area (Å²) in [5, 5.41) is 50.1.